The molecule has 4 nitrogen and oxygen atoms in total. The molecule has 0 aromatic heterocycles. The van der Waals surface area contributed by atoms with Crippen molar-refractivity contribution < 1.29 is 23.1 Å². The zero-order chi connectivity index (χ0) is 16.3. The van der Waals surface area contributed by atoms with Crippen LogP contribution in [0.5, 0.6) is 0 Å². The molecule has 2 rings (SSSR count). The maximum absolute atomic E-state index is 12.7. The van der Waals surface area contributed by atoms with Gasteiger partial charge in [-0.25, -0.2) is 0 Å². The number of halogens is 3. The highest BCUT2D eigenvalue weighted by Crippen LogP contribution is 2.30. The largest absolute Gasteiger partial charge is 0.416 e. The molecule has 22 heavy (non-hydrogen) atoms. The van der Waals surface area contributed by atoms with Gasteiger partial charge >= 0.3 is 6.18 Å². The molecule has 1 saturated heterocycles. The molecule has 1 heterocycles. The second-order valence-electron chi connectivity index (χ2n) is 5.66. The summed E-state index contributed by atoms with van der Waals surface area (Å²) in [5, 5.41) is 9.64. The van der Waals surface area contributed by atoms with Gasteiger partial charge in [-0.3, -0.25) is 9.69 Å². The van der Waals surface area contributed by atoms with Gasteiger partial charge in [0, 0.05) is 6.54 Å². The van der Waals surface area contributed by atoms with E-state index in [9.17, 15) is 23.1 Å². The summed E-state index contributed by atoms with van der Waals surface area (Å²) in [5.41, 5.74) is 5.02. The minimum atomic E-state index is -4.34. The summed E-state index contributed by atoms with van der Waals surface area (Å²) in [5.74, 6) is -0.897. The molecule has 1 aromatic rings. The molecule has 0 bridgehead atoms. The second kappa shape index (κ2) is 6.66. The minimum absolute atomic E-state index is 0.171. The lowest BCUT2D eigenvalue weighted by atomic mass is 9.90. The smallest absolute Gasteiger partial charge is 0.383 e. The first kappa shape index (κ1) is 16.8. The van der Waals surface area contributed by atoms with Crippen molar-refractivity contribution in [3.8, 4) is 0 Å². The van der Waals surface area contributed by atoms with Gasteiger partial charge in [-0.05, 0) is 43.5 Å². The van der Waals surface area contributed by atoms with Crippen LogP contribution in [0.1, 0.15) is 24.0 Å². The SMILES string of the molecule is NC(=O)[C@H](O)C1CCN(Cc2cccc(C(F)(F)F)c2)CC1. The molecule has 1 aliphatic heterocycles. The first-order chi connectivity index (χ1) is 10.3. The number of benzene rings is 1. The Hall–Kier alpha value is -1.60. The lowest BCUT2D eigenvalue weighted by Crippen LogP contribution is -2.42. The number of carbonyl (C=O) groups excluding carboxylic acids is 1. The number of hydrogen-bond acceptors (Lipinski definition) is 3. The predicted octanol–water partition coefficient (Wildman–Crippen LogP) is 1.76. The molecule has 1 amide bonds. The van der Waals surface area contributed by atoms with Gasteiger partial charge in [0.05, 0.1) is 5.56 Å². The molecular weight excluding hydrogens is 297 g/mol. The van der Waals surface area contributed by atoms with E-state index < -0.39 is 23.8 Å². The van der Waals surface area contributed by atoms with Crippen LogP contribution < -0.4 is 5.73 Å². The van der Waals surface area contributed by atoms with Crippen LogP contribution in [0, 0.1) is 5.92 Å². The number of nitrogens with two attached hydrogens (primary N) is 1. The van der Waals surface area contributed by atoms with E-state index in [1.807, 2.05) is 4.90 Å². The van der Waals surface area contributed by atoms with E-state index in [-0.39, 0.29) is 5.92 Å². The van der Waals surface area contributed by atoms with Crippen molar-refractivity contribution >= 4 is 5.91 Å². The maximum Gasteiger partial charge on any atom is 0.416 e. The van der Waals surface area contributed by atoms with Gasteiger partial charge in [0.25, 0.3) is 0 Å². The number of amides is 1. The van der Waals surface area contributed by atoms with E-state index >= 15 is 0 Å². The van der Waals surface area contributed by atoms with Crippen LogP contribution in [-0.4, -0.2) is 35.1 Å². The molecule has 1 fully saturated rings. The molecule has 0 unspecified atom stereocenters. The van der Waals surface area contributed by atoms with Crippen molar-refractivity contribution in [3.63, 3.8) is 0 Å². The number of aliphatic hydroxyl groups is 1. The van der Waals surface area contributed by atoms with Gasteiger partial charge in [0.2, 0.25) is 5.91 Å². The summed E-state index contributed by atoms with van der Waals surface area (Å²) in [4.78, 5) is 13.0. The van der Waals surface area contributed by atoms with E-state index in [2.05, 4.69) is 0 Å². The van der Waals surface area contributed by atoms with Crippen molar-refractivity contribution in [2.45, 2.75) is 31.7 Å². The van der Waals surface area contributed by atoms with Crippen LogP contribution in [0.4, 0.5) is 13.2 Å². The van der Waals surface area contributed by atoms with Crippen molar-refractivity contribution in [3.05, 3.63) is 35.4 Å². The number of primary amides is 1. The fraction of sp³-hybridized carbons (Fsp3) is 0.533. The Bertz CT molecular complexity index is 526. The molecule has 0 spiro atoms. The summed E-state index contributed by atoms with van der Waals surface area (Å²) in [6, 6.07) is 5.28. The van der Waals surface area contributed by atoms with Crippen LogP contribution in [0.2, 0.25) is 0 Å². The average molecular weight is 316 g/mol. The fourth-order valence-electron chi connectivity index (χ4n) is 2.76. The summed E-state index contributed by atoms with van der Waals surface area (Å²) in [7, 11) is 0. The molecule has 3 N–H and O–H groups in total. The van der Waals surface area contributed by atoms with Crippen molar-refractivity contribution in [2.75, 3.05) is 13.1 Å². The lowest BCUT2D eigenvalue weighted by molar-refractivity contribution is -0.137. The zero-order valence-corrected chi connectivity index (χ0v) is 12.0. The normalized spacial score (nSPS) is 19.1. The second-order valence-corrected chi connectivity index (χ2v) is 5.66. The van der Waals surface area contributed by atoms with Crippen molar-refractivity contribution in [1.82, 2.24) is 4.90 Å². The molecule has 1 aromatic carbocycles. The van der Waals surface area contributed by atoms with Gasteiger partial charge in [0.1, 0.15) is 6.10 Å². The summed E-state index contributed by atoms with van der Waals surface area (Å²) in [6.45, 7) is 1.65. The number of rotatable bonds is 4. The number of nitrogens with zero attached hydrogens (tertiary/aromatic N) is 1. The van der Waals surface area contributed by atoms with E-state index in [0.717, 1.165) is 12.1 Å². The Morgan fingerprint density at radius 2 is 2.00 bits per heavy atom. The van der Waals surface area contributed by atoms with Gasteiger partial charge in [-0.15, -0.1) is 0 Å². The summed E-state index contributed by atoms with van der Waals surface area (Å²) >= 11 is 0. The first-order valence-electron chi connectivity index (χ1n) is 7.13. The number of alkyl halides is 3. The lowest BCUT2D eigenvalue weighted by Gasteiger charge is -2.33. The number of piperidine rings is 1. The number of likely N-dealkylation sites (tertiary alicyclic amines) is 1. The molecular formula is C15H19F3N2O2. The number of carbonyl (C=O) groups is 1. The fourth-order valence-corrected chi connectivity index (χ4v) is 2.76. The molecule has 122 valence electrons. The topological polar surface area (TPSA) is 66.6 Å². The summed E-state index contributed by atoms with van der Waals surface area (Å²) < 4.78 is 38.0. The van der Waals surface area contributed by atoms with E-state index in [1.165, 1.54) is 6.07 Å². The predicted molar refractivity (Wildman–Crippen MR) is 74.6 cm³/mol. The van der Waals surface area contributed by atoms with Crippen LogP contribution in [0.15, 0.2) is 24.3 Å². The summed E-state index contributed by atoms with van der Waals surface area (Å²) in [6.07, 6.45) is -4.28. The Labute approximate surface area is 126 Å². The number of aliphatic hydroxyl groups excluding tert-OH is 1. The third kappa shape index (κ3) is 4.20. The maximum atomic E-state index is 12.7. The van der Waals surface area contributed by atoms with E-state index in [1.54, 1.807) is 6.07 Å². The molecule has 1 atom stereocenters. The van der Waals surface area contributed by atoms with E-state index in [0.29, 0.717) is 38.0 Å². The van der Waals surface area contributed by atoms with Gasteiger partial charge < -0.3 is 10.8 Å². The highest BCUT2D eigenvalue weighted by molar-refractivity contribution is 5.78. The van der Waals surface area contributed by atoms with Crippen molar-refractivity contribution in [2.24, 2.45) is 11.7 Å². The van der Waals surface area contributed by atoms with Gasteiger partial charge in [-0.1, -0.05) is 18.2 Å². The standard InChI is InChI=1S/C15H19F3N2O2/c16-15(17,18)12-3-1-2-10(8-12)9-20-6-4-11(5-7-20)13(21)14(19)22/h1-3,8,11,13,21H,4-7,9H2,(H2,19,22)/t13-/m1/s1. The van der Waals surface area contributed by atoms with Crippen LogP contribution in [0.25, 0.3) is 0 Å². The highest BCUT2D eigenvalue weighted by Gasteiger charge is 2.31. The quantitative estimate of drug-likeness (QED) is 0.889. The first-order valence-corrected chi connectivity index (χ1v) is 7.13. The Balaban J connectivity index is 1.93. The molecule has 1 aliphatic rings. The highest BCUT2D eigenvalue weighted by atomic mass is 19.4. The Morgan fingerprint density at radius 3 is 2.55 bits per heavy atom. The van der Waals surface area contributed by atoms with Gasteiger partial charge in [-0.2, -0.15) is 13.2 Å². The van der Waals surface area contributed by atoms with E-state index in [4.69, 9.17) is 5.73 Å². The minimum Gasteiger partial charge on any atom is -0.383 e. The molecule has 0 saturated carbocycles. The average Bonchev–Trinajstić information content (AvgIpc) is 2.46. The molecule has 7 heteroatoms. The molecule has 0 radical (unpaired) electrons. The van der Waals surface area contributed by atoms with Crippen molar-refractivity contribution in [1.29, 1.82) is 0 Å². The van der Waals surface area contributed by atoms with Crippen LogP contribution in [0.3, 0.4) is 0 Å². The third-order valence-corrected chi connectivity index (χ3v) is 4.03. The Morgan fingerprint density at radius 1 is 1.36 bits per heavy atom. The van der Waals surface area contributed by atoms with Crippen LogP contribution in [-0.2, 0) is 17.5 Å². The number of hydrogen-bond donors (Lipinski definition) is 2. The zero-order valence-electron chi connectivity index (χ0n) is 12.0. The monoisotopic (exact) mass is 316 g/mol. The third-order valence-electron chi connectivity index (χ3n) is 4.03. The van der Waals surface area contributed by atoms with Crippen LogP contribution >= 0.6 is 0 Å². The van der Waals surface area contributed by atoms with Gasteiger partial charge in [0.15, 0.2) is 0 Å². The Kier molecular flexibility index (Phi) is 5.08. The molecule has 0 aliphatic carbocycles.